The molecule has 2 N–H and O–H groups in total. The van der Waals surface area contributed by atoms with E-state index in [1.54, 1.807) is 0 Å². The van der Waals surface area contributed by atoms with Gasteiger partial charge in [-0.1, -0.05) is 6.92 Å². The molecule has 0 bridgehead atoms. The maximum atomic E-state index is 5.53. The van der Waals surface area contributed by atoms with Crippen LogP contribution in [0.2, 0.25) is 0 Å². The van der Waals surface area contributed by atoms with E-state index >= 15 is 0 Å². The van der Waals surface area contributed by atoms with Crippen LogP contribution in [0.3, 0.4) is 0 Å². The first-order chi connectivity index (χ1) is 6.26. The van der Waals surface area contributed by atoms with E-state index in [-0.39, 0.29) is 0 Å². The Kier molecular flexibility index (Phi) is 4.70. The Hall–Kier alpha value is -0.120. The molecule has 0 radical (unpaired) electrons. The van der Waals surface area contributed by atoms with Gasteiger partial charge in [-0.2, -0.15) is 0 Å². The molecule has 1 saturated heterocycles. The van der Waals surface area contributed by atoms with Crippen molar-refractivity contribution in [3.8, 4) is 0 Å². The fourth-order valence-corrected chi connectivity index (χ4v) is 1.96. The molecule has 2 atom stereocenters. The van der Waals surface area contributed by atoms with Crippen LogP contribution in [0.5, 0.6) is 0 Å². The van der Waals surface area contributed by atoms with Crippen molar-refractivity contribution in [1.82, 2.24) is 4.90 Å². The van der Waals surface area contributed by atoms with Gasteiger partial charge in [-0.3, -0.25) is 0 Å². The lowest BCUT2D eigenvalue weighted by atomic mass is 10.1. The summed E-state index contributed by atoms with van der Waals surface area (Å²) < 4.78 is 5.53. The van der Waals surface area contributed by atoms with Crippen LogP contribution in [-0.4, -0.2) is 43.8 Å². The first-order valence-corrected chi connectivity index (χ1v) is 5.30. The van der Waals surface area contributed by atoms with E-state index in [9.17, 15) is 0 Å². The molecule has 0 saturated carbocycles. The van der Waals surface area contributed by atoms with E-state index in [0.29, 0.717) is 6.10 Å². The molecule has 0 aromatic heterocycles. The SMILES string of the molecule is CCN(CCN)CC1COC(C)C1. The van der Waals surface area contributed by atoms with E-state index in [1.165, 1.54) is 6.42 Å². The molecular formula is C10H22N2O. The first-order valence-electron chi connectivity index (χ1n) is 5.30. The number of nitrogens with two attached hydrogens (primary N) is 1. The highest BCUT2D eigenvalue weighted by Gasteiger charge is 2.23. The summed E-state index contributed by atoms with van der Waals surface area (Å²) in [6.07, 6.45) is 1.67. The van der Waals surface area contributed by atoms with Crippen molar-refractivity contribution >= 4 is 0 Å². The molecule has 13 heavy (non-hydrogen) atoms. The second-order valence-electron chi connectivity index (χ2n) is 3.93. The molecule has 1 aliphatic heterocycles. The quantitative estimate of drug-likeness (QED) is 0.686. The van der Waals surface area contributed by atoms with E-state index in [2.05, 4.69) is 18.7 Å². The molecule has 0 amide bonds. The largest absolute Gasteiger partial charge is 0.378 e. The summed E-state index contributed by atoms with van der Waals surface area (Å²) in [7, 11) is 0. The van der Waals surface area contributed by atoms with Gasteiger partial charge in [0.2, 0.25) is 0 Å². The summed E-state index contributed by atoms with van der Waals surface area (Å²) in [5, 5.41) is 0. The third kappa shape index (κ3) is 3.63. The zero-order valence-corrected chi connectivity index (χ0v) is 8.83. The Morgan fingerprint density at radius 1 is 1.54 bits per heavy atom. The number of hydrogen-bond donors (Lipinski definition) is 1. The fourth-order valence-electron chi connectivity index (χ4n) is 1.96. The average molecular weight is 186 g/mol. The van der Waals surface area contributed by atoms with Crippen molar-refractivity contribution < 1.29 is 4.74 Å². The van der Waals surface area contributed by atoms with Gasteiger partial charge < -0.3 is 15.4 Å². The van der Waals surface area contributed by atoms with Crippen LogP contribution in [0.4, 0.5) is 0 Å². The Balaban J connectivity index is 2.21. The molecule has 0 aliphatic carbocycles. The first kappa shape index (κ1) is 11.0. The van der Waals surface area contributed by atoms with Gasteiger partial charge >= 0.3 is 0 Å². The van der Waals surface area contributed by atoms with E-state index in [1.807, 2.05) is 0 Å². The van der Waals surface area contributed by atoms with Crippen molar-refractivity contribution in [1.29, 1.82) is 0 Å². The topological polar surface area (TPSA) is 38.5 Å². The lowest BCUT2D eigenvalue weighted by Crippen LogP contribution is -2.34. The Labute approximate surface area is 81.2 Å². The second kappa shape index (κ2) is 5.58. The zero-order valence-electron chi connectivity index (χ0n) is 8.83. The molecule has 3 nitrogen and oxygen atoms in total. The second-order valence-corrected chi connectivity index (χ2v) is 3.93. The van der Waals surface area contributed by atoms with Gasteiger partial charge in [-0.15, -0.1) is 0 Å². The minimum Gasteiger partial charge on any atom is -0.378 e. The van der Waals surface area contributed by atoms with Gasteiger partial charge in [0.15, 0.2) is 0 Å². The maximum absolute atomic E-state index is 5.53. The monoisotopic (exact) mass is 186 g/mol. The van der Waals surface area contributed by atoms with Gasteiger partial charge in [-0.05, 0) is 25.8 Å². The van der Waals surface area contributed by atoms with Crippen LogP contribution < -0.4 is 5.73 Å². The molecule has 0 spiro atoms. The molecule has 78 valence electrons. The highest BCUT2D eigenvalue weighted by atomic mass is 16.5. The van der Waals surface area contributed by atoms with Crippen molar-refractivity contribution in [3.05, 3.63) is 0 Å². The predicted octanol–water partition coefficient (Wildman–Crippen LogP) is 0.692. The van der Waals surface area contributed by atoms with Crippen molar-refractivity contribution in [2.45, 2.75) is 26.4 Å². The number of likely N-dealkylation sites (N-methyl/N-ethyl adjacent to an activating group) is 1. The third-order valence-corrected chi connectivity index (χ3v) is 2.69. The van der Waals surface area contributed by atoms with Gasteiger partial charge in [-0.25, -0.2) is 0 Å². The summed E-state index contributed by atoms with van der Waals surface area (Å²) in [4.78, 5) is 2.41. The van der Waals surface area contributed by atoms with Crippen LogP contribution in [0.25, 0.3) is 0 Å². The lowest BCUT2D eigenvalue weighted by Gasteiger charge is -2.22. The highest BCUT2D eigenvalue weighted by Crippen LogP contribution is 2.19. The Morgan fingerprint density at radius 2 is 2.31 bits per heavy atom. The standard InChI is InChI=1S/C10H22N2O/c1-3-12(5-4-11)7-10-6-9(2)13-8-10/h9-10H,3-8,11H2,1-2H3. The Bertz CT molecular complexity index is 139. The van der Waals surface area contributed by atoms with Gasteiger partial charge in [0.05, 0.1) is 12.7 Å². The molecule has 0 aromatic carbocycles. The summed E-state index contributed by atoms with van der Waals surface area (Å²) in [6.45, 7) is 9.30. The molecule has 1 aliphatic rings. The van der Waals surface area contributed by atoms with Crippen molar-refractivity contribution in [2.75, 3.05) is 32.8 Å². The predicted molar refractivity (Wildman–Crippen MR) is 54.7 cm³/mol. The van der Waals surface area contributed by atoms with Crippen LogP contribution >= 0.6 is 0 Å². The normalized spacial score (nSPS) is 28.6. The summed E-state index contributed by atoms with van der Waals surface area (Å²) in [6, 6.07) is 0. The smallest absolute Gasteiger partial charge is 0.0551 e. The molecule has 0 aromatic rings. The molecule has 2 unspecified atom stereocenters. The van der Waals surface area contributed by atoms with Gasteiger partial charge in [0, 0.05) is 19.6 Å². The lowest BCUT2D eigenvalue weighted by molar-refractivity contribution is 0.116. The van der Waals surface area contributed by atoms with Crippen LogP contribution in [0.1, 0.15) is 20.3 Å². The van der Waals surface area contributed by atoms with E-state index in [0.717, 1.165) is 38.7 Å². The number of hydrogen-bond acceptors (Lipinski definition) is 3. The Morgan fingerprint density at radius 3 is 2.77 bits per heavy atom. The molecule has 1 fully saturated rings. The fraction of sp³-hybridized carbons (Fsp3) is 1.00. The molecule has 3 heteroatoms. The minimum absolute atomic E-state index is 0.460. The highest BCUT2D eigenvalue weighted by molar-refractivity contribution is 4.73. The average Bonchev–Trinajstić information content (AvgIpc) is 2.50. The van der Waals surface area contributed by atoms with Crippen LogP contribution in [0.15, 0.2) is 0 Å². The van der Waals surface area contributed by atoms with E-state index in [4.69, 9.17) is 10.5 Å². The van der Waals surface area contributed by atoms with Gasteiger partial charge in [0.25, 0.3) is 0 Å². The minimum atomic E-state index is 0.460. The van der Waals surface area contributed by atoms with Crippen molar-refractivity contribution in [3.63, 3.8) is 0 Å². The van der Waals surface area contributed by atoms with Crippen LogP contribution in [0, 0.1) is 5.92 Å². The van der Waals surface area contributed by atoms with Crippen molar-refractivity contribution in [2.24, 2.45) is 11.7 Å². The molecule has 1 rings (SSSR count). The zero-order chi connectivity index (χ0) is 9.68. The maximum Gasteiger partial charge on any atom is 0.0551 e. The number of ether oxygens (including phenoxy) is 1. The number of rotatable bonds is 5. The summed E-state index contributed by atoms with van der Waals surface area (Å²) >= 11 is 0. The third-order valence-electron chi connectivity index (χ3n) is 2.69. The molecular weight excluding hydrogens is 164 g/mol. The van der Waals surface area contributed by atoms with Gasteiger partial charge in [0.1, 0.15) is 0 Å². The molecule has 1 heterocycles. The van der Waals surface area contributed by atoms with Crippen LogP contribution in [-0.2, 0) is 4.74 Å². The van der Waals surface area contributed by atoms with E-state index < -0.39 is 0 Å². The summed E-state index contributed by atoms with van der Waals surface area (Å²) in [5.74, 6) is 0.724. The number of nitrogens with zero attached hydrogens (tertiary/aromatic N) is 1. The summed E-state index contributed by atoms with van der Waals surface area (Å²) in [5.41, 5.74) is 5.53.